The second kappa shape index (κ2) is 6.48. The third kappa shape index (κ3) is 3.45. The average molecular weight is 291 g/mol. The van der Waals surface area contributed by atoms with Crippen LogP contribution in [-0.4, -0.2) is 22.9 Å². The van der Waals surface area contributed by atoms with E-state index in [0.29, 0.717) is 6.04 Å². The lowest BCUT2D eigenvalue weighted by Crippen LogP contribution is -2.35. The molecule has 0 radical (unpaired) electrons. The smallest absolute Gasteiger partial charge is 0.185 e. The van der Waals surface area contributed by atoms with Crippen LogP contribution in [0.4, 0.5) is 5.13 Å². The normalized spacial score (nSPS) is 11.0. The fourth-order valence-corrected chi connectivity index (χ4v) is 3.01. The first-order valence-electron chi connectivity index (χ1n) is 5.47. The predicted molar refractivity (Wildman–Crippen MR) is 72.4 cm³/mol. The molecule has 86 valence electrons. The molecule has 0 saturated carbocycles. The molecule has 0 aliphatic heterocycles. The van der Waals surface area contributed by atoms with Crippen molar-refractivity contribution in [3.05, 3.63) is 11.1 Å². The van der Waals surface area contributed by atoms with Crippen LogP contribution in [0.25, 0.3) is 0 Å². The number of anilines is 1. The lowest BCUT2D eigenvalue weighted by Gasteiger charge is -2.29. The van der Waals surface area contributed by atoms with Gasteiger partial charge in [0.2, 0.25) is 0 Å². The van der Waals surface area contributed by atoms with Crippen molar-refractivity contribution in [1.82, 2.24) is 4.98 Å². The predicted octanol–water partition coefficient (Wildman–Crippen LogP) is 3.84. The van der Waals surface area contributed by atoms with E-state index in [1.807, 2.05) is 0 Å². The topological polar surface area (TPSA) is 16.1 Å². The maximum Gasteiger partial charge on any atom is 0.185 e. The zero-order valence-corrected chi connectivity index (χ0v) is 12.1. The quantitative estimate of drug-likeness (QED) is 0.740. The number of nitrogens with zero attached hydrogens (tertiary/aromatic N) is 2. The molecular weight excluding hydrogens is 272 g/mol. The Hall–Kier alpha value is -0.0900. The van der Waals surface area contributed by atoms with E-state index < -0.39 is 0 Å². The summed E-state index contributed by atoms with van der Waals surface area (Å²) in [6.07, 6.45) is 2.37. The third-order valence-corrected chi connectivity index (χ3v) is 3.91. The molecule has 0 aliphatic rings. The fourth-order valence-electron chi connectivity index (χ4n) is 1.73. The van der Waals surface area contributed by atoms with Gasteiger partial charge in [-0.2, -0.15) is 0 Å². The molecule has 0 amide bonds. The molecule has 0 bridgehead atoms. The van der Waals surface area contributed by atoms with Gasteiger partial charge in [-0.3, -0.25) is 0 Å². The first-order chi connectivity index (χ1) is 7.22. The molecule has 4 heteroatoms. The highest BCUT2D eigenvalue weighted by Gasteiger charge is 2.17. The number of hydrogen-bond acceptors (Lipinski definition) is 3. The number of thiazole rings is 1. The van der Waals surface area contributed by atoms with E-state index in [0.717, 1.165) is 17.6 Å². The molecule has 0 saturated heterocycles. The van der Waals surface area contributed by atoms with Crippen LogP contribution in [0.2, 0.25) is 0 Å². The minimum Gasteiger partial charge on any atom is -0.344 e. The Balaban J connectivity index is 2.81. The van der Waals surface area contributed by atoms with Gasteiger partial charge in [-0.05, 0) is 19.8 Å². The van der Waals surface area contributed by atoms with E-state index in [4.69, 9.17) is 0 Å². The maximum absolute atomic E-state index is 4.57. The van der Waals surface area contributed by atoms with Crippen LogP contribution in [0.15, 0.2) is 5.38 Å². The molecule has 0 fully saturated rings. The number of aromatic nitrogens is 1. The summed E-state index contributed by atoms with van der Waals surface area (Å²) in [5.41, 5.74) is 1.13. The van der Waals surface area contributed by atoms with E-state index >= 15 is 0 Å². The largest absolute Gasteiger partial charge is 0.344 e. The van der Waals surface area contributed by atoms with Crippen molar-refractivity contribution in [3.8, 4) is 0 Å². The zero-order chi connectivity index (χ0) is 11.3. The number of rotatable bonds is 6. The van der Waals surface area contributed by atoms with Gasteiger partial charge in [0, 0.05) is 23.3 Å². The van der Waals surface area contributed by atoms with Crippen LogP contribution in [0.5, 0.6) is 0 Å². The van der Waals surface area contributed by atoms with E-state index in [-0.39, 0.29) is 0 Å². The molecule has 0 N–H and O–H groups in total. The Kier molecular flexibility index (Phi) is 5.61. The van der Waals surface area contributed by atoms with E-state index in [9.17, 15) is 0 Å². The third-order valence-electron chi connectivity index (χ3n) is 2.56. The van der Waals surface area contributed by atoms with Gasteiger partial charge in [-0.1, -0.05) is 29.8 Å². The van der Waals surface area contributed by atoms with Gasteiger partial charge >= 0.3 is 0 Å². The minimum absolute atomic E-state index is 0.619. The van der Waals surface area contributed by atoms with Crippen LogP contribution in [0.3, 0.4) is 0 Å². The molecule has 0 spiro atoms. The van der Waals surface area contributed by atoms with Gasteiger partial charge in [-0.15, -0.1) is 11.3 Å². The van der Waals surface area contributed by atoms with E-state index in [1.165, 1.54) is 18.0 Å². The van der Waals surface area contributed by atoms with Gasteiger partial charge < -0.3 is 4.90 Å². The standard InChI is InChI=1S/C11H19BrN2S/c1-4-10(5-2)14(7-6-12)11-13-9(3)8-15-11/h8,10H,4-7H2,1-3H3. The summed E-state index contributed by atoms with van der Waals surface area (Å²) in [5.74, 6) is 0. The molecule has 0 unspecified atom stereocenters. The summed E-state index contributed by atoms with van der Waals surface area (Å²) in [4.78, 5) is 6.99. The summed E-state index contributed by atoms with van der Waals surface area (Å²) in [6.45, 7) is 7.59. The van der Waals surface area contributed by atoms with Crippen molar-refractivity contribution >= 4 is 32.4 Å². The number of halogens is 1. The van der Waals surface area contributed by atoms with Gasteiger partial charge in [0.05, 0.1) is 5.69 Å². The van der Waals surface area contributed by atoms with Crippen LogP contribution >= 0.6 is 27.3 Å². The van der Waals surface area contributed by atoms with Gasteiger partial charge in [0.1, 0.15) is 0 Å². The van der Waals surface area contributed by atoms with Gasteiger partial charge in [-0.25, -0.2) is 4.98 Å². The Labute approximate surface area is 105 Å². The highest BCUT2D eigenvalue weighted by molar-refractivity contribution is 9.09. The van der Waals surface area contributed by atoms with Crippen LogP contribution in [-0.2, 0) is 0 Å². The summed E-state index contributed by atoms with van der Waals surface area (Å²) >= 11 is 5.27. The van der Waals surface area contributed by atoms with Gasteiger partial charge in [0.15, 0.2) is 5.13 Å². The molecule has 0 aliphatic carbocycles. The van der Waals surface area contributed by atoms with Crippen LogP contribution in [0, 0.1) is 6.92 Å². The monoisotopic (exact) mass is 290 g/mol. The molecule has 2 nitrogen and oxygen atoms in total. The lowest BCUT2D eigenvalue weighted by atomic mass is 10.1. The fraction of sp³-hybridized carbons (Fsp3) is 0.727. The Morgan fingerprint density at radius 3 is 2.53 bits per heavy atom. The molecular formula is C11H19BrN2S. The van der Waals surface area contributed by atoms with Crippen molar-refractivity contribution < 1.29 is 0 Å². The van der Waals surface area contributed by atoms with Crippen molar-refractivity contribution in [1.29, 1.82) is 0 Å². The molecule has 0 aromatic carbocycles. The summed E-state index contributed by atoms with van der Waals surface area (Å²) < 4.78 is 0. The highest BCUT2D eigenvalue weighted by atomic mass is 79.9. The van der Waals surface area contributed by atoms with E-state index in [2.05, 4.69) is 52.0 Å². The van der Waals surface area contributed by atoms with Crippen LogP contribution < -0.4 is 4.90 Å². The number of alkyl halides is 1. The minimum atomic E-state index is 0.619. The van der Waals surface area contributed by atoms with Gasteiger partial charge in [0.25, 0.3) is 0 Å². The van der Waals surface area contributed by atoms with Crippen molar-refractivity contribution in [2.45, 2.75) is 39.7 Å². The summed E-state index contributed by atoms with van der Waals surface area (Å²) in [5, 5.41) is 4.29. The van der Waals surface area contributed by atoms with E-state index in [1.54, 1.807) is 11.3 Å². The summed E-state index contributed by atoms with van der Waals surface area (Å²) in [7, 11) is 0. The highest BCUT2D eigenvalue weighted by Crippen LogP contribution is 2.24. The second-order valence-corrected chi connectivity index (χ2v) is 5.25. The zero-order valence-electron chi connectivity index (χ0n) is 9.66. The molecule has 0 atom stereocenters. The Morgan fingerprint density at radius 1 is 1.47 bits per heavy atom. The average Bonchev–Trinajstić information content (AvgIpc) is 2.65. The maximum atomic E-state index is 4.57. The summed E-state index contributed by atoms with van der Waals surface area (Å²) in [6, 6.07) is 0.619. The van der Waals surface area contributed by atoms with Crippen LogP contribution in [0.1, 0.15) is 32.4 Å². The van der Waals surface area contributed by atoms with Crippen molar-refractivity contribution in [3.63, 3.8) is 0 Å². The Bertz CT molecular complexity index is 284. The molecule has 1 aromatic rings. The molecule has 1 aromatic heterocycles. The SMILES string of the molecule is CCC(CC)N(CCBr)c1nc(C)cs1. The first-order valence-corrected chi connectivity index (χ1v) is 7.47. The molecule has 15 heavy (non-hydrogen) atoms. The second-order valence-electron chi connectivity index (χ2n) is 3.62. The number of aryl methyl sites for hydroxylation is 1. The molecule has 1 rings (SSSR count). The Morgan fingerprint density at radius 2 is 2.13 bits per heavy atom. The number of hydrogen-bond donors (Lipinski definition) is 0. The first kappa shape index (κ1) is 13.0. The lowest BCUT2D eigenvalue weighted by molar-refractivity contribution is 0.567. The van der Waals surface area contributed by atoms with Crippen molar-refractivity contribution in [2.75, 3.05) is 16.8 Å². The molecule has 1 heterocycles. The van der Waals surface area contributed by atoms with Crippen molar-refractivity contribution in [2.24, 2.45) is 0 Å².